The van der Waals surface area contributed by atoms with Crippen molar-refractivity contribution in [1.82, 2.24) is 14.8 Å². The van der Waals surface area contributed by atoms with Gasteiger partial charge < -0.3 is 14.8 Å². The minimum absolute atomic E-state index is 0.124. The molecule has 4 heteroatoms. The number of hydrogen-bond donors (Lipinski definition) is 1. The van der Waals surface area contributed by atoms with Gasteiger partial charge in [0.05, 0.1) is 0 Å². The summed E-state index contributed by atoms with van der Waals surface area (Å²) in [5.74, 6) is 0.124. The van der Waals surface area contributed by atoms with Crippen molar-refractivity contribution < 1.29 is 4.79 Å². The first kappa shape index (κ1) is 14.6. The number of amides is 1. The van der Waals surface area contributed by atoms with E-state index in [0.717, 1.165) is 42.5 Å². The van der Waals surface area contributed by atoms with Crippen LogP contribution in [0.2, 0.25) is 0 Å². The molecule has 1 N–H and O–H groups in total. The van der Waals surface area contributed by atoms with E-state index in [9.17, 15) is 4.79 Å². The largest absolute Gasteiger partial charge is 0.361 e. The molecule has 2 rings (SSSR count). The van der Waals surface area contributed by atoms with Gasteiger partial charge in [-0.1, -0.05) is 13.0 Å². The van der Waals surface area contributed by atoms with E-state index in [2.05, 4.69) is 16.8 Å². The quantitative estimate of drug-likeness (QED) is 0.878. The van der Waals surface area contributed by atoms with E-state index >= 15 is 0 Å². The molecule has 1 amide bonds. The molecular formula is C16H23N3O. The Bertz CT molecular complexity index is 574. The van der Waals surface area contributed by atoms with Crippen LogP contribution >= 0.6 is 0 Å². The maximum atomic E-state index is 12.8. The lowest BCUT2D eigenvalue weighted by Crippen LogP contribution is -2.37. The molecular weight excluding hydrogens is 250 g/mol. The van der Waals surface area contributed by atoms with Gasteiger partial charge in [-0.05, 0) is 38.7 Å². The first-order valence-corrected chi connectivity index (χ1v) is 7.13. The van der Waals surface area contributed by atoms with Gasteiger partial charge in [0.2, 0.25) is 0 Å². The molecule has 1 aromatic heterocycles. The third kappa shape index (κ3) is 3.20. The van der Waals surface area contributed by atoms with Crippen LogP contribution in [0.25, 0.3) is 10.9 Å². The molecule has 1 aromatic carbocycles. The summed E-state index contributed by atoms with van der Waals surface area (Å²) in [6.45, 7) is 4.55. The minimum atomic E-state index is 0.124. The van der Waals surface area contributed by atoms with Gasteiger partial charge in [-0.3, -0.25) is 4.79 Å². The highest BCUT2D eigenvalue weighted by molar-refractivity contribution is 6.06. The van der Waals surface area contributed by atoms with E-state index in [1.807, 2.05) is 49.5 Å². The van der Waals surface area contributed by atoms with Crippen molar-refractivity contribution in [1.29, 1.82) is 0 Å². The fraction of sp³-hybridized carbons (Fsp3) is 0.438. The summed E-state index contributed by atoms with van der Waals surface area (Å²) >= 11 is 0. The normalized spacial score (nSPS) is 11.2. The molecule has 0 fully saturated rings. The van der Waals surface area contributed by atoms with Crippen LogP contribution < -0.4 is 0 Å². The van der Waals surface area contributed by atoms with Crippen molar-refractivity contribution in [2.45, 2.75) is 13.3 Å². The van der Waals surface area contributed by atoms with Crippen molar-refractivity contribution in [3.8, 4) is 0 Å². The number of aromatic amines is 1. The third-order valence-corrected chi connectivity index (χ3v) is 3.42. The summed E-state index contributed by atoms with van der Waals surface area (Å²) in [6, 6.07) is 7.81. The average molecular weight is 273 g/mol. The fourth-order valence-electron chi connectivity index (χ4n) is 2.35. The lowest BCUT2D eigenvalue weighted by Gasteiger charge is -2.24. The summed E-state index contributed by atoms with van der Waals surface area (Å²) in [4.78, 5) is 20.0. The Morgan fingerprint density at radius 2 is 1.95 bits per heavy atom. The maximum absolute atomic E-state index is 12.8. The summed E-state index contributed by atoms with van der Waals surface area (Å²) in [6.07, 6.45) is 2.85. The first-order valence-electron chi connectivity index (χ1n) is 7.13. The zero-order chi connectivity index (χ0) is 14.5. The van der Waals surface area contributed by atoms with Gasteiger partial charge in [0, 0.05) is 42.3 Å². The lowest BCUT2D eigenvalue weighted by atomic mass is 10.1. The Morgan fingerprint density at radius 3 is 2.65 bits per heavy atom. The number of benzene rings is 1. The predicted octanol–water partition coefficient (Wildman–Crippen LogP) is 2.58. The zero-order valence-electron chi connectivity index (χ0n) is 12.5. The second kappa shape index (κ2) is 6.57. The van der Waals surface area contributed by atoms with Crippen molar-refractivity contribution in [3.05, 3.63) is 36.0 Å². The summed E-state index contributed by atoms with van der Waals surface area (Å²) in [7, 11) is 4.06. The highest BCUT2D eigenvalue weighted by Gasteiger charge is 2.17. The molecule has 0 spiro atoms. The highest BCUT2D eigenvalue weighted by Crippen LogP contribution is 2.19. The SMILES string of the molecule is CCCN(CCN(C)C)C(=O)c1cccc2[nH]ccc12. The second-order valence-corrected chi connectivity index (χ2v) is 5.34. The summed E-state index contributed by atoms with van der Waals surface area (Å²) < 4.78 is 0. The van der Waals surface area contributed by atoms with Gasteiger partial charge in [-0.2, -0.15) is 0 Å². The molecule has 0 saturated heterocycles. The van der Waals surface area contributed by atoms with E-state index in [1.165, 1.54) is 0 Å². The number of rotatable bonds is 6. The zero-order valence-corrected chi connectivity index (χ0v) is 12.5. The van der Waals surface area contributed by atoms with Gasteiger partial charge in [0.15, 0.2) is 0 Å². The molecule has 4 nitrogen and oxygen atoms in total. The van der Waals surface area contributed by atoms with Crippen LogP contribution in [0, 0.1) is 0 Å². The van der Waals surface area contributed by atoms with Gasteiger partial charge >= 0.3 is 0 Å². The summed E-state index contributed by atoms with van der Waals surface area (Å²) in [5, 5.41) is 1.00. The highest BCUT2D eigenvalue weighted by atomic mass is 16.2. The molecule has 0 aliphatic heterocycles. The number of likely N-dealkylation sites (N-methyl/N-ethyl adjacent to an activating group) is 1. The Hall–Kier alpha value is -1.81. The number of nitrogens with zero attached hydrogens (tertiary/aromatic N) is 2. The predicted molar refractivity (Wildman–Crippen MR) is 83.0 cm³/mol. The molecule has 1 heterocycles. The van der Waals surface area contributed by atoms with Crippen LogP contribution in [0.15, 0.2) is 30.5 Å². The third-order valence-electron chi connectivity index (χ3n) is 3.42. The van der Waals surface area contributed by atoms with E-state index in [-0.39, 0.29) is 5.91 Å². The number of carbonyl (C=O) groups excluding carboxylic acids is 1. The number of fused-ring (bicyclic) bond motifs is 1. The van der Waals surface area contributed by atoms with E-state index < -0.39 is 0 Å². The van der Waals surface area contributed by atoms with Crippen molar-refractivity contribution in [2.75, 3.05) is 33.7 Å². The number of carbonyl (C=O) groups is 1. The average Bonchev–Trinajstić information content (AvgIpc) is 2.90. The van der Waals surface area contributed by atoms with Crippen molar-refractivity contribution in [3.63, 3.8) is 0 Å². The van der Waals surface area contributed by atoms with Crippen molar-refractivity contribution >= 4 is 16.8 Å². The van der Waals surface area contributed by atoms with Gasteiger partial charge in [-0.25, -0.2) is 0 Å². The van der Waals surface area contributed by atoms with Gasteiger partial charge in [0.1, 0.15) is 0 Å². The van der Waals surface area contributed by atoms with Crippen LogP contribution in [0.1, 0.15) is 23.7 Å². The standard InChI is InChI=1S/C16H23N3O/c1-4-10-19(12-11-18(2)3)16(20)14-6-5-7-15-13(14)8-9-17-15/h5-9,17H,4,10-12H2,1-3H3. The maximum Gasteiger partial charge on any atom is 0.254 e. The molecule has 0 bridgehead atoms. The molecule has 2 aromatic rings. The van der Waals surface area contributed by atoms with Crippen LogP contribution in [-0.4, -0.2) is 54.4 Å². The Labute approximate surface area is 120 Å². The van der Waals surface area contributed by atoms with E-state index in [1.54, 1.807) is 0 Å². The monoisotopic (exact) mass is 273 g/mol. The topological polar surface area (TPSA) is 39.3 Å². The van der Waals surface area contributed by atoms with Gasteiger partial charge in [-0.15, -0.1) is 0 Å². The molecule has 0 saturated carbocycles. The fourth-order valence-corrected chi connectivity index (χ4v) is 2.35. The number of aromatic nitrogens is 1. The second-order valence-electron chi connectivity index (χ2n) is 5.34. The summed E-state index contributed by atoms with van der Waals surface area (Å²) in [5.41, 5.74) is 1.80. The van der Waals surface area contributed by atoms with Crippen LogP contribution in [-0.2, 0) is 0 Å². The van der Waals surface area contributed by atoms with Crippen LogP contribution in [0.4, 0.5) is 0 Å². The van der Waals surface area contributed by atoms with Crippen LogP contribution in [0.3, 0.4) is 0 Å². The smallest absolute Gasteiger partial charge is 0.254 e. The minimum Gasteiger partial charge on any atom is -0.361 e. The number of nitrogens with one attached hydrogen (secondary N) is 1. The molecule has 0 aliphatic rings. The molecule has 108 valence electrons. The molecule has 0 unspecified atom stereocenters. The molecule has 20 heavy (non-hydrogen) atoms. The Kier molecular flexibility index (Phi) is 4.79. The number of hydrogen-bond acceptors (Lipinski definition) is 2. The first-order chi connectivity index (χ1) is 9.63. The van der Waals surface area contributed by atoms with Crippen LogP contribution in [0.5, 0.6) is 0 Å². The Balaban J connectivity index is 2.24. The molecule has 0 atom stereocenters. The molecule has 0 radical (unpaired) electrons. The number of H-pyrrole nitrogens is 1. The van der Waals surface area contributed by atoms with Gasteiger partial charge in [0.25, 0.3) is 5.91 Å². The van der Waals surface area contributed by atoms with E-state index in [0.29, 0.717) is 0 Å². The van der Waals surface area contributed by atoms with Crippen molar-refractivity contribution in [2.24, 2.45) is 0 Å². The Morgan fingerprint density at radius 1 is 1.15 bits per heavy atom. The van der Waals surface area contributed by atoms with E-state index in [4.69, 9.17) is 0 Å². The lowest BCUT2D eigenvalue weighted by molar-refractivity contribution is 0.0747. The molecule has 0 aliphatic carbocycles.